The largest absolute Gasteiger partial charge is 0.235 e. The fourth-order valence-electron chi connectivity index (χ4n) is 7.32. The molecular formula is C36H56O2. The van der Waals surface area contributed by atoms with Crippen molar-refractivity contribution in [3.8, 4) is 0 Å². The first kappa shape index (κ1) is 30.9. The van der Waals surface area contributed by atoms with Gasteiger partial charge in [-0.3, -0.25) is 0 Å². The Labute approximate surface area is 234 Å². The van der Waals surface area contributed by atoms with Gasteiger partial charge in [-0.25, -0.2) is 9.78 Å². The van der Waals surface area contributed by atoms with Crippen LogP contribution in [0.15, 0.2) is 36.4 Å². The summed E-state index contributed by atoms with van der Waals surface area (Å²) in [4.78, 5) is 12.4. The van der Waals surface area contributed by atoms with Crippen molar-refractivity contribution >= 4 is 0 Å². The Bertz CT molecular complexity index is 825. The molecule has 2 aromatic carbocycles. The van der Waals surface area contributed by atoms with Crippen LogP contribution in [0.25, 0.3) is 0 Å². The lowest BCUT2D eigenvalue weighted by Gasteiger charge is -2.36. The molecule has 1 aliphatic heterocycles. The van der Waals surface area contributed by atoms with Gasteiger partial charge < -0.3 is 0 Å². The van der Waals surface area contributed by atoms with Crippen molar-refractivity contribution in [1.29, 1.82) is 0 Å². The normalized spacial score (nSPS) is 18.3. The topological polar surface area (TPSA) is 18.5 Å². The fourth-order valence-corrected chi connectivity index (χ4v) is 7.32. The molecule has 3 rings (SSSR count). The van der Waals surface area contributed by atoms with Crippen molar-refractivity contribution in [1.82, 2.24) is 0 Å². The molecule has 0 aliphatic carbocycles. The van der Waals surface area contributed by atoms with Crippen LogP contribution >= 0.6 is 0 Å². The molecule has 0 N–H and O–H groups in total. The highest BCUT2D eigenvalue weighted by Gasteiger charge is 2.35. The SMILES string of the molecule is CCC(CC)c1cccc(C(CC)CC)c1C1COOC(c2c(C(CC)CC)cccc2C(CC)CC)C1. The maximum Gasteiger partial charge on any atom is 0.119 e. The van der Waals surface area contributed by atoms with E-state index in [1.165, 1.54) is 42.4 Å². The van der Waals surface area contributed by atoms with Gasteiger partial charge in [0.1, 0.15) is 6.10 Å². The molecule has 0 aromatic heterocycles. The van der Waals surface area contributed by atoms with E-state index in [0.717, 1.165) is 32.1 Å². The van der Waals surface area contributed by atoms with Crippen LogP contribution in [-0.4, -0.2) is 6.61 Å². The Morgan fingerprint density at radius 2 is 0.895 bits per heavy atom. The Balaban J connectivity index is 2.16. The number of hydrogen-bond acceptors (Lipinski definition) is 2. The fraction of sp³-hybridized carbons (Fsp3) is 0.667. The predicted molar refractivity (Wildman–Crippen MR) is 163 cm³/mol. The number of benzene rings is 2. The van der Waals surface area contributed by atoms with Gasteiger partial charge in [0.05, 0.1) is 6.61 Å². The quantitative estimate of drug-likeness (QED) is 0.231. The standard InChI is InChI=1S/C36H56O2/c1-9-25(10-2)30-19-17-20-31(26(11-3)12-4)35(30)29-23-34(38-37-24-29)36-32(27(13-5)14-6)21-18-22-33(36)28(15-7)16-8/h17-22,25-29,34H,9-16,23-24H2,1-8H3. The third-order valence-electron chi connectivity index (χ3n) is 9.73. The van der Waals surface area contributed by atoms with Gasteiger partial charge in [-0.2, -0.15) is 0 Å². The number of rotatable bonds is 14. The van der Waals surface area contributed by atoms with Crippen LogP contribution in [0.3, 0.4) is 0 Å². The molecule has 0 saturated carbocycles. The Hall–Kier alpha value is -1.64. The van der Waals surface area contributed by atoms with Crippen molar-refractivity contribution in [3.63, 3.8) is 0 Å². The summed E-state index contributed by atoms with van der Waals surface area (Å²) in [5.74, 6) is 2.65. The Kier molecular flexibility index (Phi) is 12.4. The van der Waals surface area contributed by atoms with E-state index < -0.39 is 0 Å². The van der Waals surface area contributed by atoms with E-state index in [0.29, 0.717) is 36.2 Å². The van der Waals surface area contributed by atoms with E-state index in [1.807, 2.05) is 0 Å². The summed E-state index contributed by atoms with van der Waals surface area (Å²) in [5.41, 5.74) is 9.10. The van der Waals surface area contributed by atoms with E-state index in [-0.39, 0.29) is 6.10 Å². The molecule has 2 atom stereocenters. The summed E-state index contributed by atoms with van der Waals surface area (Å²) in [6.07, 6.45) is 10.3. The highest BCUT2D eigenvalue weighted by molar-refractivity contribution is 5.45. The Morgan fingerprint density at radius 3 is 1.24 bits per heavy atom. The van der Waals surface area contributed by atoms with Gasteiger partial charge in [-0.05, 0) is 115 Å². The molecule has 2 nitrogen and oxygen atoms in total. The molecule has 2 unspecified atom stereocenters. The molecule has 1 fully saturated rings. The summed E-state index contributed by atoms with van der Waals surface area (Å²) >= 11 is 0. The maximum atomic E-state index is 6.28. The van der Waals surface area contributed by atoms with E-state index in [1.54, 1.807) is 16.7 Å². The maximum absolute atomic E-state index is 6.28. The smallest absolute Gasteiger partial charge is 0.119 e. The molecule has 0 spiro atoms. The van der Waals surface area contributed by atoms with Gasteiger partial charge in [0, 0.05) is 5.92 Å². The third-order valence-corrected chi connectivity index (χ3v) is 9.73. The summed E-state index contributed by atoms with van der Waals surface area (Å²) in [7, 11) is 0. The summed E-state index contributed by atoms with van der Waals surface area (Å²) < 4.78 is 0. The highest BCUT2D eigenvalue weighted by Crippen LogP contribution is 2.47. The van der Waals surface area contributed by atoms with Crippen molar-refractivity contribution in [2.24, 2.45) is 0 Å². The molecule has 38 heavy (non-hydrogen) atoms. The average molecular weight is 521 g/mol. The first-order valence-electron chi connectivity index (χ1n) is 16.1. The van der Waals surface area contributed by atoms with Gasteiger partial charge in [-0.15, -0.1) is 0 Å². The van der Waals surface area contributed by atoms with Crippen LogP contribution in [0.5, 0.6) is 0 Å². The van der Waals surface area contributed by atoms with Crippen LogP contribution < -0.4 is 0 Å². The monoisotopic (exact) mass is 520 g/mol. The minimum atomic E-state index is -0.0227. The second-order valence-corrected chi connectivity index (χ2v) is 11.6. The van der Waals surface area contributed by atoms with Gasteiger partial charge in [-0.1, -0.05) is 91.8 Å². The van der Waals surface area contributed by atoms with Gasteiger partial charge in [0.15, 0.2) is 0 Å². The number of hydrogen-bond donors (Lipinski definition) is 0. The first-order chi connectivity index (χ1) is 18.5. The van der Waals surface area contributed by atoms with E-state index in [9.17, 15) is 0 Å². The van der Waals surface area contributed by atoms with Crippen LogP contribution in [0.4, 0.5) is 0 Å². The molecule has 1 aliphatic rings. The van der Waals surface area contributed by atoms with E-state index >= 15 is 0 Å². The molecule has 0 radical (unpaired) electrons. The van der Waals surface area contributed by atoms with E-state index in [4.69, 9.17) is 9.78 Å². The van der Waals surface area contributed by atoms with Crippen molar-refractivity contribution in [2.75, 3.05) is 6.61 Å². The molecule has 2 heteroatoms. The van der Waals surface area contributed by atoms with Crippen molar-refractivity contribution in [3.05, 3.63) is 69.8 Å². The van der Waals surface area contributed by atoms with E-state index in [2.05, 4.69) is 91.8 Å². The summed E-state index contributed by atoms with van der Waals surface area (Å²) in [6, 6.07) is 14.2. The summed E-state index contributed by atoms with van der Waals surface area (Å²) in [5, 5.41) is 0. The first-order valence-corrected chi connectivity index (χ1v) is 16.1. The average Bonchev–Trinajstić information content (AvgIpc) is 2.96. The van der Waals surface area contributed by atoms with Crippen LogP contribution in [0.2, 0.25) is 0 Å². The molecule has 0 amide bonds. The van der Waals surface area contributed by atoms with Gasteiger partial charge >= 0.3 is 0 Å². The lowest BCUT2D eigenvalue weighted by Crippen LogP contribution is -2.26. The zero-order chi connectivity index (χ0) is 27.7. The zero-order valence-electron chi connectivity index (χ0n) is 25.8. The molecule has 0 bridgehead atoms. The lowest BCUT2D eigenvalue weighted by atomic mass is 9.74. The molecule has 2 aromatic rings. The third kappa shape index (κ3) is 6.56. The second-order valence-electron chi connectivity index (χ2n) is 11.6. The molecule has 212 valence electrons. The molecule has 1 saturated heterocycles. The van der Waals surface area contributed by atoms with Crippen LogP contribution in [-0.2, 0) is 9.78 Å². The molecule has 1 heterocycles. The minimum absolute atomic E-state index is 0.0227. The van der Waals surface area contributed by atoms with Crippen molar-refractivity contribution < 1.29 is 9.78 Å². The van der Waals surface area contributed by atoms with Crippen LogP contribution in [0.1, 0.15) is 182 Å². The molecular weight excluding hydrogens is 464 g/mol. The zero-order valence-corrected chi connectivity index (χ0v) is 25.8. The minimum Gasteiger partial charge on any atom is -0.235 e. The van der Waals surface area contributed by atoms with Gasteiger partial charge in [0.2, 0.25) is 0 Å². The lowest BCUT2D eigenvalue weighted by molar-refractivity contribution is -0.352. The summed E-state index contributed by atoms with van der Waals surface area (Å²) in [6.45, 7) is 19.4. The Morgan fingerprint density at radius 1 is 0.553 bits per heavy atom. The van der Waals surface area contributed by atoms with Crippen molar-refractivity contribution in [2.45, 2.75) is 149 Å². The second kappa shape index (κ2) is 15.2. The highest BCUT2D eigenvalue weighted by atomic mass is 17.2. The van der Waals surface area contributed by atoms with Gasteiger partial charge in [0.25, 0.3) is 0 Å². The predicted octanol–water partition coefficient (Wildman–Crippen LogP) is 11.5. The van der Waals surface area contributed by atoms with Crippen LogP contribution in [0, 0.1) is 0 Å².